The fourth-order valence-electron chi connectivity index (χ4n) is 4.54. The van der Waals surface area contributed by atoms with Gasteiger partial charge in [-0.15, -0.1) is 0 Å². The second kappa shape index (κ2) is 8.69. The van der Waals surface area contributed by atoms with Crippen LogP contribution in [0.3, 0.4) is 0 Å². The Morgan fingerprint density at radius 2 is 1.55 bits per heavy atom. The summed E-state index contributed by atoms with van der Waals surface area (Å²) >= 11 is 0. The maximum Gasteiger partial charge on any atom is 0.236 e. The molecular formula is C24H27N3O4. The van der Waals surface area contributed by atoms with Crippen molar-refractivity contribution in [3.8, 4) is 0 Å². The van der Waals surface area contributed by atoms with Gasteiger partial charge in [-0.2, -0.15) is 0 Å². The molecule has 0 atom stereocenters. The lowest BCUT2D eigenvalue weighted by molar-refractivity contribution is -0.140. The first-order chi connectivity index (χ1) is 15.2. The monoisotopic (exact) mass is 421 g/mol. The van der Waals surface area contributed by atoms with Crippen molar-refractivity contribution >= 4 is 33.6 Å². The number of rotatable bonds is 4. The van der Waals surface area contributed by atoms with E-state index >= 15 is 0 Å². The zero-order valence-electron chi connectivity index (χ0n) is 17.6. The van der Waals surface area contributed by atoms with Crippen LogP contribution in [0.2, 0.25) is 0 Å². The Morgan fingerprint density at radius 3 is 2.32 bits per heavy atom. The van der Waals surface area contributed by atoms with Gasteiger partial charge in [0, 0.05) is 50.2 Å². The first-order valence-corrected chi connectivity index (χ1v) is 10.9. The van der Waals surface area contributed by atoms with Crippen LogP contribution in [0.25, 0.3) is 21.7 Å². The van der Waals surface area contributed by atoms with E-state index in [1.165, 1.54) is 0 Å². The molecule has 2 aliphatic heterocycles. The summed E-state index contributed by atoms with van der Waals surface area (Å²) in [5, 5.41) is 3.26. The van der Waals surface area contributed by atoms with E-state index in [1.54, 1.807) is 6.26 Å². The number of hydrogen-bond donors (Lipinski definition) is 0. The zero-order valence-corrected chi connectivity index (χ0v) is 17.6. The molecule has 2 aliphatic rings. The number of carbonyl (C=O) groups is 2. The Balaban J connectivity index is 1.21. The maximum atomic E-state index is 13.0. The zero-order chi connectivity index (χ0) is 21.2. The van der Waals surface area contributed by atoms with Crippen molar-refractivity contribution in [3.63, 3.8) is 0 Å². The van der Waals surface area contributed by atoms with Crippen LogP contribution in [0.15, 0.2) is 47.1 Å². The second-order valence-electron chi connectivity index (χ2n) is 8.25. The van der Waals surface area contributed by atoms with Crippen molar-refractivity contribution < 1.29 is 18.7 Å². The standard InChI is InChI=1S/C24H27N3O4/c28-22(15-19-17-31-21-6-5-18-3-1-2-4-20(18)24(19)21)26-7-9-27(10-8-26)23(29)16-25-11-13-30-14-12-25/h1-6,17H,7-16H2. The number of benzene rings is 2. The fourth-order valence-corrected chi connectivity index (χ4v) is 4.54. The van der Waals surface area contributed by atoms with Gasteiger partial charge < -0.3 is 19.0 Å². The van der Waals surface area contributed by atoms with E-state index in [1.807, 2.05) is 34.1 Å². The first-order valence-electron chi connectivity index (χ1n) is 10.9. The van der Waals surface area contributed by atoms with Crippen molar-refractivity contribution in [1.82, 2.24) is 14.7 Å². The molecule has 2 fully saturated rings. The number of furan rings is 1. The third-order valence-corrected chi connectivity index (χ3v) is 6.33. The Bertz CT molecular complexity index is 1090. The van der Waals surface area contributed by atoms with Crippen LogP contribution in [0.4, 0.5) is 0 Å². The first kappa shape index (κ1) is 20.0. The van der Waals surface area contributed by atoms with E-state index in [0.717, 1.165) is 40.4 Å². The average molecular weight is 421 g/mol. The number of nitrogens with zero attached hydrogens (tertiary/aromatic N) is 3. The number of carbonyl (C=O) groups excluding carboxylic acids is 2. The molecule has 31 heavy (non-hydrogen) atoms. The van der Waals surface area contributed by atoms with Gasteiger partial charge >= 0.3 is 0 Å². The highest BCUT2D eigenvalue weighted by Crippen LogP contribution is 2.30. The smallest absolute Gasteiger partial charge is 0.236 e. The number of hydrogen-bond acceptors (Lipinski definition) is 5. The molecule has 0 bridgehead atoms. The third kappa shape index (κ3) is 4.16. The van der Waals surface area contributed by atoms with Gasteiger partial charge in [0.2, 0.25) is 11.8 Å². The largest absolute Gasteiger partial charge is 0.464 e. The Morgan fingerprint density at radius 1 is 0.839 bits per heavy atom. The summed E-state index contributed by atoms with van der Waals surface area (Å²) in [6.45, 7) is 5.74. The number of morpholine rings is 1. The van der Waals surface area contributed by atoms with Crippen molar-refractivity contribution in [2.45, 2.75) is 6.42 Å². The molecule has 0 radical (unpaired) electrons. The Hall–Kier alpha value is -2.90. The molecule has 3 aromatic rings. The molecule has 0 saturated carbocycles. The molecule has 7 nitrogen and oxygen atoms in total. The van der Waals surface area contributed by atoms with Crippen molar-refractivity contribution in [2.24, 2.45) is 0 Å². The van der Waals surface area contributed by atoms with Crippen LogP contribution in [-0.4, -0.2) is 85.5 Å². The van der Waals surface area contributed by atoms with Crippen molar-refractivity contribution in [2.75, 3.05) is 59.0 Å². The quantitative estimate of drug-likeness (QED) is 0.646. The summed E-state index contributed by atoms with van der Waals surface area (Å²) in [6, 6.07) is 12.2. The molecule has 2 aromatic carbocycles. The molecule has 3 heterocycles. The Kier molecular flexibility index (Phi) is 5.61. The number of ether oxygens (including phenoxy) is 1. The lowest BCUT2D eigenvalue weighted by Gasteiger charge is -2.36. The summed E-state index contributed by atoms with van der Waals surface area (Å²) in [5.74, 6) is 0.220. The predicted octanol–water partition coefficient (Wildman–Crippen LogP) is 2.13. The van der Waals surface area contributed by atoms with Gasteiger partial charge in [-0.1, -0.05) is 30.3 Å². The molecule has 2 amide bonds. The normalized spacial score (nSPS) is 18.1. The predicted molar refractivity (Wildman–Crippen MR) is 118 cm³/mol. The van der Waals surface area contributed by atoms with Crippen molar-refractivity contribution in [3.05, 3.63) is 48.2 Å². The van der Waals surface area contributed by atoms with Crippen LogP contribution in [0.5, 0.6) is 0 Å². The molecule has 5 rings (SSSR count). The molecular weight excluding hydrogens is 394 g/mol. The summed E-state index contributed by atoms with van der Waals surface area (Å²) in [5.41, 5.74) is 1.72. The summed E-state index contributed by atoms with van der Waals surface area (Å²) in [7, 11) is 0. The Labute approximate surface area is 181 Å². The lowest BCUT2D eigenvalue weighted by Crippen LogP contribution is -2.53. The molecule has 2 saturated heterocycles. The molecule has 0 spiro atoms. The van der Waals surface area contributed by atoms with E-state index in [0.29, 0.717) is 52.4 Å². The number of fused-ring (bicyclic) bond motifs is 3. The minimum absolute atomic E-state index is 0.0795. The molecule has 7 heteroatoms. The molecule has 0 aliphatic carbocycles. The third-order valence-electron chi connectivity index (χ3n) is 6.33. The highest BCUT2D eigenvalue weighted by molar-refractivity contribution is 6.08. The molecule has 162 valence electrons. The summed E-state index contributed by atoms with van der Waals surface area (Å²) < 4.78 is 11.1. The molecule has 0 unspecified atom stereocenters. The summed E-state index contributed by atoms with van der Waals surface area (Å²) in [4.78, 5) is 31.5. The average Bonchev–Trinajstić information content (AvgIpc) is 3.23. The van der Waals surface area contributed by atoms with Gasteiger partial charge in [-0.05, 0) is 16.8 Å². The van der Waals surface area contributed by atoms with Crippen LogP contribution < -0.4 is 0 Å². The topological polar surface area (TPSA) is 66.2 Å². The van der Waals surface area contributed by atoms with E-state index in [4.69, 9.17) is 9.15 Å². The van der Waals surface area contributed by atoms with Gasteiger partial charge in [0.1, 0.15) is 5.58 Å². The van der Waals surface area contributed by atoms with E-state index in [9.17, 15) is 9.59 Å². The second-order valence-corrected chi connectivity index (χ2v) is 8.25. The molecule has 1 aromatic heterocycles. The lowest BCUT2D eigenvalue weighted by atomic mass is 10.0. The van der Waals surface area contributed by atoms with Crippen molar-refractivity contribution in [1.29, 1.82) is 0 Å². The van der Waals surface area contributed by atoms with Gasteiger partial charge in [0.05, 0.1) is 32.4 Å². The van der Waals surface area contributed by atoms with E-state index < -0.39 is 0 Å². The minimum Gasteiger partial charge on any atom is -0.464 e. The van der Waals surface area contributed by atoms with Gasteiger partial charge in [0.25, 0.3) is 0 Å². The highest BCUT2D eigenvalue weighted by Gasteiger charge is 2.26. The number of piperazine rings is 1. The minimum atomic E-state index is 0.0795. The fraction of sp³-hybridized carbons (Fsp3) is 0.417. The van der Waals surface area contributed by atoms with Gasteiger partial charge in [-0.3, -0.25) is 14.5 Å². The van der Waals surface area contributed by atoms with Crippen LogP contribution in [0, 0.1) is 0 Å². The van der Waals surface area contributed by atoms with Gasteiger partial charge in [-0.25, -0.2) is 0 Å². The molecule has 0 N–H and O–H groups in total. The highest BCUT2D eigenvalue weighted by atomic mass is 16.5. The van der Waals surface area contributed by atoms with Crippen LogP contribution in [-0.2, 0) is 20.7 Å². The van der Waals surface area contributed by atoms with E-state index in [-0.39, 0.29) is 11.8 Å². The van der Waals surface area contributed by atoms with Gasteiger partial charge in [0.15, 0.2) is 0 Å². The number of amides is 2. The van der Waals surface area contributed by atoms with Crippen LogP contribution >= 0.6 is 0 Å². The van der Waals surface area contributed by atoms with E-state index in [2.05, 4.69) is 17.0 Å². The summed E-state index contributed by atoms with van der Waals surface area (Å²) in [6.07, 6.45) is 2.01. The maximum absolute atomic E-state index is 13.0. The SMILES string of the molecule is O=C(Cc1coc2ccc3ccccc3c12)N1CCN(C(=O)CN2CCOCC2)CC1. The van der Waals surface area contributed by atoms with Crippen LogP contribution in [0.1, 0.15) is 5.56 Å².